The molecule has 0 saturated carbocycles. The second-order valence-electron chi connectivity index (χ2n) is 7.83. The first kappa shape index (κ1) is 19.2. The van der Waals surface area contributed by atoms with Gasteiger partial charge in [0.15, 0.2) is 0 Å². The number of halogens is 3. The van der Waals surface area contributed by atoms with E-state index >= 15 is 0 Å². The predicted octanol–water partition coefficient (Wildman–Crippen LogP) is 6.21. The van der Waals surface area contributed by atoms with E-state index in [-0.39, 0.29) is 5.56 Å². The highest BCUT2D eigenvalue weighted by Crippen LogP contribution is 2.42. The largest absolute Gasteiger partial charge is 0.345 e. The summed E-state index contributed by atoms with van der Waals surface area (Å²) in [4.78, 5) is 2.19. The summed E-state index contributed by atoms with van der Waals surface area (Å²) in [6, 6.07) is 3.60. The highest BCUT2D eigenvalue weighted by Gasteiger charge is 2.29. The van der Waals surface area contributed by atoms with Gasteiger partial charge < -0.3 is 4.90 Å². The zero-order chi connectivity index (χ0) is 20.0. The molecular formula is C22H24ClF2N3. The molecule has 1 aliphatic heterocycles. The normalized spacial score (nSPS) is 19.9. The van der Waals surface area contributed by atoms with E-state index in [1.807, 2.05) is 19.1 Å². The summed E-state index contributed by atoms with van der Waals surface area (Å²) >= 11 is 6.41. The molecule has 0 amide bonds. The number of hydrogen-bond acceptors (Lipinski definition) is 2. The lowest BCUT2D eigenvalue weighted by atomic mass is 9.88. The number of nitrogens with zero attached hydrogens (tertiary/aromatic N) is 3. The van der Waals surface area contributed by atoms with Crippen LogP contribution in [0.4, 0.5) is 14.5 Å². The summed E-state index contributed by atoms with van der Waals surface area (Å²) in [6.45, 7) is 5.04. The van der Waals surface area contributed by atoms with Crippen molar-refractivity contribution in [3.63, 3.8) is 0 Å². The van der Waals surface area contributed by atoms with Crippen molar-refractivity contribution in [1.82, 2.24) is 9.78 Å². The molecule has 0 saturated heterocycles. The van der Waals surface area contributed by atoms with Crippen LogP contribution < -0.4 is 4.90 Å². The van der Waals surface area contributed by atoms with E-state index in [0.29, 0.717) is 11.5 Å². The van der Waals surface area contributed by atoms with E-state index < -0.39 is 6.43 Å². The average Bonchev–Trinajstić information content (AvgIpc) is 3.09. The Kier molecular flexibility index (Phi) is 5.04. The highest BCUT2D eigenvalue weighted by atomic mass is 35.5. The van der Waals surface area contributed by atoms with Crippen molar-refractivity contribution in [2.45, 2.75) is 39.5 Å². The number of allylic oxidation sites excluding steroid dienone is 4. The first-order valence-corrected chi connectivity index (χ1v) is 10.0. The van der Waals surface area contributed by atoms with Crippen LogP contribution in [-0.2, 0) is 13.5 Å². The Morgan fingerprint density at radius 2 is 2.07 bits per heavy atom. The first-order chi connectivity index (χ1) is 13.3. The van der Waals surface area contributed by atoms with Gasteiger partial charge in [0, 0.05) is 53.3 Å². The maximum Gasteiger partial charge on any atom is 0.264 e. The Morgan fingerprint density at radius 1 is 1.29 bits per heavy atom. The Bertz CT molecular complexity index is 974. The van der Waals surface area contributed by atoms with Crippen LogP contribution in [0.1, 0.15) is 44.2 Å². The van der Waals surface area contributed by atoms with Crippen molar-refractivity contribution < 1.29 is 8.78 Å². The van der Waals surface area contributed by atoms with Gasteiger partial charge in [-0.15, -0.1) is 0 Å². The maximum absolute atomic E-state index is 14.0. The van der Waals surface area contributed by atoms with Crippen LogP contribution in [0.25, 0.3) is 11.1 Å². The first-order valence-electron chi connectivity index (χ1n) is 9.63. The van der Waals surface area contributed by atoms with Gasteiger partial charge in [0.1, 0.15) is 0 Å². The lowest BCUT2D eigenvalue weighted by Gasteiger charge is -2.38. The Labute approximate surface area is 169 Å². The van der Waals surface area contributed by atoms with Crippen LogP contribution in [0, 0.1) is 5.92 Å². The van der Waals surface area contributed by atoms with Gasteiger partial charge in [-0.25, -0.2) is 8.78 Å². The van der Waals surface area contributed by atoms with E-state index in [1.165, 1.54) is 5.57 Å². The summed E-state index contributed by atoms with van der Waals surface area (Å²) in [5.41, 5.74) is 5.64. The number of aryl methyl sites for hydroxylation is 2. The maximum atomic E-state index is 14.0. The third kappa shape index (κ3) is 3.37. The van der Waals surface area contributed by atoms with Crippen LogP contribution in [-0.4, -0.2) is 16.3 Å². The molecule has 28 heavy (non-hydrogen) atoms. The molecule has 1 unspecified atom stereocenters. The highest BCUT2D eigenvalue weighted by molar-refractivity contribution is 6.31. The lowest BCUT2D eigenvalue weighted by molar-refractivity contribution is 0.152. The quantitative estimate of drug-likeness (QED) is 0.607. The van der Waals surface area contributed by atoms with Gasteiger partial charge in [-0.05, 0) is 55.5 Å². The van der Waals surface area contributed by atoms with Gasteiger partial charge in [-0.2, -0.15) is 5.10 Å². The molecule has 1 aromatic carbocycles. The van der Waals surface area contributed by atoms with Gasteiger partial charge in [-0.1, -0.05) is 24.1 Å². The van der Waals surface area contributed by atoms with Crippen LogP contribution in [0.2, 0.25) is 0 Å². The summed E-state index contributed by atoms with van der Waals surface area (Å²) in [7, 11) is 1.79. The van der Waals surface area contributed by atoms with Crippen LogP contribution in [0.5, 0.6) is 0 Å². The van der Waals surface area contributed by atoms with Gasteiger partial charge in [0.05, 0.1) is 6.20 Å². The third-order valence-electron chi connectivity index (χ3n) is 5.73. The molecule has 0 N–H and O–H groups in total. The second-order valence-corrected chi connectivity index (χ2v) is 8.24. The standard InChI is InChI=1S/C22H24ClF2N3/c1-13-7-14(2)20(10-19(13)23)28-6-4-5-15-8-17(16-11-26-27(3)12-16)18(22(24)25)9-21(15)28/h8-12,14,22H,4-7H2,1-3H3. The molecule has 2 aromatic rings. The fourth-order valence-corrected chi connectivity index (χ4v) is 4.50. The molecule has 0 radical (unpaired) electrons. The van der Waals surface area contributed by atoms with E-state index in [4.69, 9.17) is 11.6 Å². The van der Waals surface area contributed by atoms with E-state index in [9.17, 15) is 8.78 Å². The molecule has 1 aromatic heterocycles. The average molecular weight is 404 g/mol. The molecule has 1 atom stereocenters. The number of alkyl halides is 2. The summed E-state index contributed by atoms with van der Waals surface area (Å²) < 4.78 is 29.6. The van der Waals surface area contributed by atoms with Crippen LogP contribution in [0.3, 0.4) is 0 Å². The van der Waals surface area contributed by atoms with Crippen LogP contribution >= 0.6 is 11.6 Å². The molecule has 0 spiro atoms. The summed E-state index contributed by atoms with van der Waals surface area (Å²) in [6.07, 6.45) is 5.65. The number of benzene rings is 1. The number of hydrogen-bond donors (Lipinski definition) is 0. The Balaban J connectivity index is 1.84. The molecule has 1 aliphatic carbocycles. The minimum absolute atomic E-state index is 0.0560. The fraction of sp³-hybridized carbons (Fsp3) is 0.409. The zero-order valence-electron chi connectivity index (χ0n) is 16.3. The van der Waals surface area contributed by atoms with Gasteiger partial charge in [0.25, 0.3) is 6.43 Å². The lowest BCUT2D eigenvalue weighted by Crippen LogP contribution is -2.32. The summed E-state index contributed by atoms with van der Waals surface area (Å²) in [5.74, 6) is 0.307. The van der Waals surface area contributed by atoms with Crippen molar-refractivity contribution >= 4 is 17.3 Å². The van der Waals surface area contributed by atoms with E-state index in [2.05, 4.69) is 16.9 Å². The molecular weight excluding hydrogens is 380 g/mol. The number of rotatable bonds is 3. The Morgan fingerprint density at radius 3 is 2.75 bits per heavy atom. The van der Waals surface area contributed by atoms with Crippen molar-refractivity contribution in [3.05, 3.63) is 58.0 Å². The topological polar surface area (TPSA) is 21.1 Å². The molecule has 0 fully saturated rings. The molecule has 148 valence electrons. The van der Waals surface area contributed by atoms with Crippen molar-refractivity contribution in [3.8, 4) is 11.1 Å². The van der Waals surface area contributed by atoms with Gasteiger partial charge in [0.2, 0.25) is 0 Å². The van der Waals surface area contributed by atoms with Crippen LogP contribution in [0.15, 0.2) is 46.9 Å². The number of aromatic nitrogens is 2. The smallest absolute Gasteiger partial charge is 0.264 e. The molecule has 0 bridgehead atoms. The molecule has 2 aliphatic rings. The zero-order valence-corrected chi connectivity index (χ0v) is 17.1. The fourth-order valence-electron chi connectivity index (χ4n) is 4.31. The minimum atomic E-state index is -2.55. The summed E-state index contributed by atoms with van der Waals surface area (Å²) in [5, 5.41) is 4.92. The monoisotopic (exact) mass is 403 g/mol. The van der Waals surface area contributed by atoms with E-state index in [0.717, 1.165) is 53.4 Å². The molecule has 2 heterocycles. The van der Waals surface area contributed by atoms with Crippen molar-refractivity contribution in [2.75, 3.05) is 11.4 Å². The number of anilines is 1. The van der Waals surface area contributed by atoms with Gasteiger partial charge >= 0.3 is 0 Å². The minimum Gasteiger partial charge on any atom is -0.345 e. The third-order valence-corrected chi connectivity index (χ3v) is 6.16. The molecule has 6 heteroatoms. The Hall–Kier alpha value is -2.14. The number of fused-ring (bicyclic) bond motifs is 1. The van der Waals surface area contributed by atoms with Crippen molar-refractivity contribution in [1.29, 1.82) is 0 Å². The molecule has 3 nitrogen and oxygen atoms in total. The predicted molar refractivity (Wildman–Crippen MR) is 110 cm³/mol. The SMILES string of the molecule is CC1=C(Cl)C=C(N2CCCc3cc(-c4cnn(C)c4)c(C(F)F)cc32)C(C)C1. The second kappa shape index (κ2) is 7.36. The molecule has 4 rings (SSSR count). The van der Waals surface area contributed by atoms with Gasteiger partial charge in [-0.3, -0.25) is 4.68 Å². The van der Waals surface area contributed by atoms with E-state index in [1.54, 1.807) is 30.2 Å². The van der Waals surface area contributed by atoms with Crippen molar-refractivity contribution in [2.24, 2.45) is 13.0 Å².